The van der Waals surface area contributed by atoms with E-state index < -0.39 is 0 Å². The van der Waals surface area contributed by atoms with Gasteiger partial charge in [-0.3, -0.25) is 14.2 Å². The fraction of sp³-hybridized carbons (Fsp3) is 0.636. The Morgan fingerprint density at radius 2 is 1.86 bits per heavy atom. The molecular formula is C33H45FN4O4. The number of piperidine rings is 1. The molecule has 2 aliphatic heterocycles. The maximum Gasteiger partial charge on any atom is 0.306 e. The molecular weight excluding hydrogens is 535 g/mol. The number of hydrogen-bond acceptors (Lipinski definition) is 7. The van der Waals surface area contributed by atoms with Crippen LogP contribution in [0.4, 0.5) is 4.39 Å². The Morgan fingerprint density at radius 1 is 1.10 bits per heavy atom. The van der Waals surface area contributed by atoms with Gasteiger partial charge in [-0.25, -0.2) is 9.37 Å². The van der Waals surface area contributed by atoms with Crippen molar-refractivity contribution in [2.75, 3.05) is 19.6 Å². The Bertz CT molecular complexity index is 1410. The summed E-state index contributed by atoms with van der Waals surface area (Å²) in [7, 11) is 0. The number of halogens is 1. The standard InChI is InChI=1S/C33H45FN4O4/c1-3-4-5-6-7-8-9-10-31(39)41-26-12-14-30-35-23(2)27(33(40)38(30)22-26)17-20-37-18-15-24(16-19-37)32-28-13-11-25(34)21-29(28)42-36-32/h11,13,21,24,26H,3-10,12,14-20,22H2,1-2H3. The molecule has 42 heavy (non-hydrogen) atoms. The summed E-state index contributed by atoms with van der Waals surface area (Å²) in [4.78, 5) is 33.2. The van der Waals surface area contributed by atoms with E-state index in [9.17, 15) is 14.0 Å². The van der Waals surface area contributed by atoms with Crippen molar-refractivity contribution in [2.24, 2.45) is 0 Å². The van der Waals surface area contributed by atoms with Crippen molar-refractivity contribution in [1.29, 1.82) is 0 Å². The number of likely N-dealkylation sites (tertiary alicyclic amines) is 1. The van der Waals surface area contributed by atoms with Crippen LogP contribution in [0.15, 0.2) is 27.5 Å². The lowest BCUT2D eigenvalue weighted by molar-refractivity contribution is -0.150. The molecule has 1 atom stereocenters. The van der Waals surface area contributed by atoms with Crippen LogP contribution in [0.1, 0.15) is 106 Å². The molecule has 0 radical (unpaired) electrons. The number of esters is 1. The largest absolute Gasteiger partial charge is 0.460 e. The number of fused-ring (bicyclic) bond motifs is 2. The van der Waals surface area contributed by atoms with Crippen molar-refractivity contribution in [3.63, 3.8) is 0 Å². The molecule has 0 spiro atoms. The second-order valence-electron chi connectivity index (χ2n) is 12.1. The molecule has 0 saturated carbocycles. The average molecular weight is 581 g/mol. The van der Waals surface area contributed by atoms with Gasteiger partial charge in [0.05, 0.1) is 12.2 Å². The number of nitrogens with zero attached hydrogens (tertiary/aromatic N) is 4. The number of rotatable bonds is 13. The number of carbonyl (C=O) groups is 1. The van der Waals surface area contributed by atoms with Crippen molar-refractivity contribution >= 4 is 16.9 Å². The Kier molecular flexibility index (Phi) is 10.4. The lowest BCUT2D eigenvalue weighted by atomic mass is 9.91. The van der Waals surface area contributed by atoms with Crippen LogP contribution in [0.25, 0.3) is 11.0 Å². The molecule has 9 heteroatoms. The average Bonchev–Trinajstić information content (AvgIpc) is 3.40. The van der Waals surface area contributed by atoms with Gasteiger partial charge >= 0.3 is 5.97 Å². The van der Waals surface area contributed by atoms with E-state index in [4.69, 9.17) is 14.2 Å². The van der Waals surface area contributed by atoms with E-state index in [1.165, 1.54) is 44.2 Å². The predicted molar refractivity (Wildman–Crippen MR) is 160 cm³/mol. The summed E-state index contributed by atoms with van der Waals surface area (Å²) in [6.07, 6.45) is 12.2. The third-order valence-electron chi connectivity index (χ3n) is 9.02. The summed E-state index contributed by atoms with van der Waals surface area (Å²) in [6.45, 7) is 7.11. The molecule has 0 amide bonds. The number of hydrogen-bond donors (Lipinski definition) is 0. The quantitative estimate of drug-likeness (QED) is 0.174. The van der Waals surface area contributed by atoms with Crippen LogP contribution >= 0.6 is 0 Å². The molecule has 1 saturated heterocycles. The summed E-state index contributed by atoms with van der Waals surface area (Å²) in [5, 5.41) is 5.14. The van der Waals surface area contributed by atoms with Crippen molar-refractivity contribution in [3.05, 3.63) is 57.1 Å². The monoisotopic (exact) mass is 580 g/mol. The molecule has 1 fully saturated rings. The maximum absolute atomic E-state index is 13.5. The van der Waals surface area contributed by atoms with E-state index in [1.54, 1.807) is 10.6 Å². The summed E-state index contributed by atoms with van der Waals surface area (Å²) in [5.74, 6) is 0.593. The molecule has 0 N–H and O–H groups in total. The fourth-order valence-corrected chi connectivity index (χ4v) is 6.50. The van der Waals surface area contributed by atoms with Crippen LogP contribution in [0, 0.1) is 12.7 Å². The first-order valence-electron chi connectivity index (χ1n) is 16.0. The van der Waals surface area contributed by atoms with Gasteiger partial charge in [-0.05, 0) is 64.3 Å². The smallest absolute Gasteiger partial charge is 0.306 e. The lowest BCUT2D eigenvalue weighted by Crippen LogP contribution is -2.40. The molecule has 1 unspecified atom stereocenters. The molecule has 5 rings (SSSR count). The lowest BCUT2D eigenvalue weighted by Gasteiger charge is -2.31. The molecule has 228 valence electrons. The number of benzene rings is 1. The first-order chi connectivity index (χ1) is 20.4. The Morgan fingerprint density at radius 3 is 2.64 bits per heavy atom. The van der Waals surface area contributed by atoms with Crippen LogP contribution in [0.5, 0.6) is 0 Å². The van der Waals surface area contributed by atoms with Crippen molar-refractivity contribution in [2.45, 2.75) is 116 Å². The third-order valence-corrected chi connectivity index (χ3v) is 9.02. The number of unbranched alkanes of at least 4 members (excludes halogenated alkanes) is 6. The van der Waals surface area contributed by atoms with E-state index >= 15 is 0 Å². The van der Waals surface area contributed by atoms with Crippen LogP contribution in [-0.4, -0.2) is 51.3 Å². The van der Waals surface area contributed by atoms with Gasteiger partial charge < -0.3 is 14.2 Å². The van der Waals surface area contributed by atoms with Crippen LogP contribution in [-0.2, 0) is 28.9 Å². The molecule has 2 aromatic heterocycles. The van der Waals surface area contributed by atoms with Gasteiger partial charge in [-0.2, -0.15) is 0 Å². The van der Waals surface area contributed by atoms with E-state index in [2.05, 4.69) is 17.0 Å². The van der Waals surface area contributed by atoms with Gasteiger partial charge in [0.15, 0.2) is 5.58 Å². The first kappa shape index (κ1) is 30.4. The van der Waals surface area contributed by atoms with Gasteiger partial charge in [0.25, 0.3) is 5.56 Å². The second kappa shape index (κ2) is 14.4. The summed E-state index contributed by atoms with van der Waals surface area (Å²) >= 11 is 0. The summed E-state index contributed by atoms with van der Waals surface area (Å²) in [6, 6.07) is 4.59. The van der Waals surface area contributed by atoms with Crippen molar-refractivity contribution < 1.29 is 18.4 Å². The van der Waals surface area contributed by atoms with E-state index in [0.717, 1.165) is 73.5 Å². The van der Waals surface area contributed by atoms with Crippen molar-refractivity contribution in [3.8, 4) is 0 Å². The minimum Gasteiger partial charge on any atom is -0.460 e. The van der Waals surface area contributed by atoms with Crippen LogP contribution in [0.3, 0.4) is 0 Å². The zero-order valence-corrected chi connectivity index (χ0v) is 25.2. The highest BCUT2D eigenvalue weighted by molar-refractivity contribution is 5.79. The van der Waals surface area contributed by atoms with Gasteiger partial charge in [0.2, 0.25) is 0 Å². The van der Waals surface area contributed by atoms with E-state index in [-0.39, 0.29) is 29.4 Å². The van der Waals surface area contributed by atoms with Crippen LogP contribution in [0.2, 0.25) is 0 Å². The van der Waals surface area contributed by atoms with Gasteiger partial charge in [-0.1, -0.05) is 50.6 Å². The van der Waals surface area contributed by atoms with E-state index in [1.807, 2.05) is 6.92 Å². The zero-order valence-electron chi connectivity index (χ0n) is 25.2. The summed E-state index contributed by atoms with van der Waals surface area (Å²) < 4.78 is 26.4. The highest BCUT2D eigenvalue weighted by Gasteiger charge is 2.27. The third kappa shape index (κ3) is 7.46. The SMILES string of the molecule is CCCCCCCCCC(=O)OC1CCc2nc(C)c(CCN3CCC(c4noc5cc(F)ccc45)CC3)c(=O)n2C1. The Balaban J connectivity index is 1.10. The molecule has 8 nitrogen and oxygen atoms in total. The topological polar surface area (TPSA) is 90.5 Å². The first-order valence-corrected chi connectivity index (χ1v) is 16.0. The highest BCUT2D eigenvalue weighted by Crippen LogP contribution is 2.32. The number of ether oxygens (including phenoxy) is 1. The van der Waals surface area contributed by atoms with Crippen LogP contribution < -0.4 is 5.56 Å². The molecule has 3 aromatic rings. The summed E-state index contributed by atoms with van der Waals surface area (Å²) in [5.41, 5.74) is 2.96. The second-order valence-corrected chi connectivity index (χ2v) is 12.1. The molecule has 1 aromatic carbocycles. The maximum atomic E-state index is 13.5. The molecule has 0 aliphatic carbocycles. The normalized spacial score (nSPS) is 17.9. The van der Waals surface area contributed by atoms with E-state index in [0.29, 0.717) is 37.8 Å². The van der Waals surface area contributed by atoms with Gasteiger partial charge in [-0.15, -0.1) is 0 Å². The predicted octanol–water partition coefficient (Wildman–Crippen LogP) is 6.25. The highest BCUT2D eigenvalue weighted by atomic mass is 19.1. The zero-order chi connectivity index (χ0) is 29.5. The molecule has 4 heterocycles. The fourth-order valence-electron chi connectivity index (χ4n) is 6.50. The number of aromatic nitrogens is 3. The molecule has 0 bridgehead atoms. The Labute approximate surface area is 247 Å². The Hall–Kier alpha value is -3.07. The van der Waals surface area contributed by atoms with Crippen molar-refractivity contribution in [1.82, 2.24) is 19.6 Å². The van der Waals surface area contributed by atoms with Gasteiger partial charge in [0, 0.05) is 48.0 Å². The van der Waals surface area contributed by atoms with Gasteiger partial charge in [0.1, 0.15) is 17.7 Å². The molecule has 2 aliphatic rings. The minimum atomic E-state index is -0.321. The number of aryl methyl sites for hydroxylation is 2. The number of carbonyl (C=O) groups excluding carboxylic acids is 1. The minimum absolute atomic E-state index is 0.00140.